The van der Waals surface area contributed by atoms with Gasteiger partial charge in [-0.15, -0.1) is 0 Å². The molecule has 1 amide bonds. The number of hydrogen-bond acceptors (Lipinski definition) is 5. The highest BCUT2D eigenvalue weighted by atomic mass is 32.2. The van der Waals surface area contributed by atoms with E-state index in [9.17, 15) is 22.4 Å². The van der Waals surface area contributed by atoms with Gasteiger partial charge in [-0.3, -0.25) is 4.79 Å². The van der Waals surface area contributed by atoms with Crippen LogP contribution in [-0.4, -0.2) is 48.9 Å². The molecule has 2 aromatic rings. The van der Waals surface area contributed by atoms with E-state index >= 15 is 0 Å². The first-order valence-electron chi connectivity index (χ1n) is 10.9. The van der Waals surface area contributed by atoms with Crippen LogP contribution in [0.3, 0.4) is 0 Å². The van der Waals surface area contributed by atoms with Crippen molar-refractivity contribution in [2.45, 2.75) is 45.1 Å². The molecule has 1 N–H and O–H groups in total. The van der Waals surface area contributed by atoms with Gasteiger partial charge < -0.3 is 14.6 Å². The molecule has 0 unspecified atom stereocenters. The van der Waals surface area contributed by atoms with Crippen molar-refractivity contribution in [3.8, 4) is 0 Å². The number of esters is 1. The minimum atomic E-state index is -4.04. The zero-order chi connectivity index (χ0) is 24.3. The smallest absolute Gasteiger partial charge is 0.341 e. The van der Waals surface area contributed by atoms with E-state index in [4.69, 9.17) is 4.74 Å². The Hall–Kier alpha value is -2.72. The summed E-state index contributed by atoms with van der Waals surface area (Å²) >= 11 is 0. The van der Waals surface area contributed by atoms with Crippen molar-refractivity contribution >= 4 is 21.9 Å². The highest BCUT2D eigenvalue weighted by Crippen LogP contribution is 2.32. The Labute approximate surface area is 193 Å². The lowest BCUT2D eigenvalue weighted by molar-refractivity contribution is -0.126. The lowest BCUT2D eigenvalue weighted by Crippen LogP contribution is -2.45. The van der Waals surface area contributed by atoms with Crippen LogP contribution in [0.15, 0.2) is 29.2 Å². The topological polar surface area (TPSA) is 97.7 Å². The first kappa shape index (κ1) is 24.9. The van der Waals surface area contributed by atoms with E-state index < -0.39 is 21.9 Å². The fourth-order valence-electron chi connectivity index (χ4n) is 4.12. The first-order chi connectivity index (χ1) is 15.6. The van der Waals surface area contributed by atoms with Crippen LogP contribution in [0.5, 0.6) is 0 Å². The molecular formula is C23H30FN3O5S. The Morgan fingerprint density at radius 2 is 1.85 bits per heavy atom. The predicted molar refractivity (Wildman–Crippen MR) is 121 cm³/mol. The maximum Gasteiger partial charge on any atom is 0.341 e. The summed E-state index contributed by atoms with van der Waals surface area (Å²) in [6, 6.07) is 5.82. The molecule has 1 aromatic heterocycles. The van der Waals surface area contributed by atoms with Gasteiger partial charge in [0.1, 0.15) is 16.3 Å². The van der Waals surface area contributed by atoms with E-state index in [2.05, 4.69) is 5.32 Å². The van der Waals surface area contributed by atoms with Crippen molar-refractivity contribution in [2.24, 2.45) is 13.0 Å². The molecule has 1 atom stereocenters. The molecule has 1 fully saturated rings. The number of carbonyl (C=O) groups excluding carboxylic acids is 2. The Bertz CT molecular complexity index is 1140. The van der Waals surface area contributed by atoms with Gasteiger partial charge in [0.2, 0.25) is 15.9 Å². The number of amides is 1. The van der Waals surface area contributed by atoms with E-state index in [1.165, 1.54) is 16.4 Å². The number of nitrogens with one attached hydrogen (secondary N) is 1. The highest BCUT2D eigenvalue weighted by Gasteiger charge is 2.38. The molecule has 1 aliphatic heterocycles. The standard InChI is InChI=1S/C23H30FN3O5S/c1-5-32-23(29)20-15(2)26(4)16(3)21(20)33(30,31)27-12-6-7-18(14-27)22(28)25-13-17-8-10-19(24)11-9-17/h8-11,18H,5-7,12-14H2,1-4H3,(H,25,28)/t18-/m1/s1. The minimum Gasteiger partial charge on any atom is -0.462 e. The molecule has 3 rings (SSSR count). The summed E-state index contributed by atoms with van der Waals surface area (Å²) in [5.41, 5.74) is 1.74. The van der Waals surface area contributed by atoms with Crippen LogP contribution in [0, 0.1) is 25.6 Å². The van der Waals surface area contributed by atoms with Crippen molar-refractivity contribution in [1.29, 1.82) is 0 Å². The molecule has 0 spiro atoms. The second-order valence-electron chi connectivity index (χ2n) is 8.20. The fraction of sp³-hybridized carbons (Fsp3) is 0.478. The third-order valence-electron chi connectivity index (χ3n) is 6.14. The van der Waals surface area contributed by atoms with Crippen molar-refractivity contribution in [3.05, 3.63) is 52.6 Å². The van der Waals surface area contributed by atoms with Crippen molar-refractivity contribution < 1.29 is 27.1 Å². The summed E-state index contributed by atoms with van der Waals surface area (Å²) in [7, 11) is -2.33. The summed E-state index contributed by atoms with van der Waals surface area (Å²) in [5.74, 6) is -1.81. The number of nitrogens with zero attached hydrogens (tertiary/aromatic N) is 2. The number of hydrogen-bond donors (Lipinski definition) is 1. The molecule has 180 valence electrons. The highest BCUT2D eigenvalue weighted by molar-refractivity contribution is 7.89. The van der Waals surface area contributed by atoms with Crippen LogP contribution in [-0.2, 0) is 33.1 Å². The molecule has 1 saturated heterocycles. The van der Waals surface area contributed by atoms with Crippen LogP contribution >= 0.6 is 0 Å². The van der Waals surface area contributed by atoms with Gasteiger partial charge in [0.25, 0.3) is 0 Å². The molecule has 1 aliphatic rings. The SMILES string of the molecule is CCOC(=O)c1c(S(=O)(=O)N2CCC[C@@H](C(=O)NCc3ccc(F)cc3)C2)c(C)n(C)c1C. The van der Waals surface area contributed by atoms with E-state index in [-0.39, 0.29) is 48.4 Å². The number of ether oxygens (including phenoxy) is 1. The number of rotatable bonds is 7. The molecule has 1 aromatic carbocycles. The minimum absolute atomic E-state index is 0.0211. The lowest BCUT2D eigenvalue weighted by Gasteiger charge is -2.31. The van der Waals surface area contributed by atoms with Crippen molar-refractivity contribution in [2.75, 3.05) is 19.7 Å². The van der Waals surface area contributed by atoms with Gasteiger partial charge in [-0.25, -0.2) is 17.6 Å². The number of benzene rings is 1. The maximum absolute atomic E-state index is 13.6. The molecule has 0 aliphatic carbocycles. The second-order valence-corrected chi connectivity index (χ2v) is 10.1. The monoisotopic (exact) mass is 479 g/mol. The molecule has 10 heteroatoms. The average molecular weight is 480 g/mol. The predicted octanol–water partition coefficient (Wildman–Crippen LogP) is 2.67. The molecular weight excluding hydrogens is 449 g/mol. The Morgan fingerprint density at radius 3 is 2.48 bits per heavy atom. The third-order valence-corrected chi connectivity index (χ3v) is 8.16. The summed E-state index contributed by atoms with van der Waals surface area (Å²) in [5, 5.41) is 2.81. The Kier molecular flexibility index (Phi) is 7.58. The van der Waals surface area contributed by atoms with Crippen LogP contribution in [0.25, 0.3) is 0 Å². The lowest BCUT2D eigenvalue weighted by atomic mass is 9.99. The van der Waals surface area contributed by atoms with E-state index in [1.54, 1.807) is 44.5 Å². The number of piperidine rings is 1. The zero-order valence-electron chi connectivity index (χ0n) is 19.4. The summed E-state index contributed by atoms with van der Waals surface area (Å²) in [4.78, 5) is 25.3. The van der Waals surface area contributed by atoms with Crippen LogP contribution in [0.4, 0.5) is 4.39 Å². The van der Waals surface area contributed by atoms with Gasteiger partial charge >= 0.3 is 5.97 Å². The summed E-state index contributed by atoms with van der Waals surface area (Å²) in [6.45, 7) is 5.64. The van der Waals surface area contributed by atoms with Gasteiger partial charge in [0, 0.05) is 38.1 Å². The van der Waals surface area contributed by atoms with Crippen LogP contribution < -0.4 is 5.32 Å². The number of aromatic nitrogens is 1. The van der Waals surface area contributed by atoms with Crippen molar-refractivity contribution in [3.63, 3.8) is 0 Å². The normalized spacial score (nSPS) is 17.1. The molecule has 8 nitrogen and oxygen atoms in total. The van der Waals surface area contributed by atoms with Gasteiger partial charge in [-0.2, -0.15) is 4.31 Å². The summed E-state index contributed by atoms with van der Waals surface area (Å²) in [6.07, 6.45) is 1.08. The third kappa shape index (κ3) is 5.11. The fourth-order valence-corrected chi connectivity index (χ4v) is 6.12. The van der Waals surface area contributed by atoms with Gasteiger partial charge in [0.15, 0.2) is 0 Å². The van der Waals surface area contributed by atoms with Gasteiger partial charge in [-0.05, 0) is 51.3 Å². The first-order valence-corrected chi connectivity index (χ1v) is 12.4. The average Bonchev–Trinajstić information content (AvgIpc) is 3.03. The molecule has 33 heavy (non-hydrogen) atoms. The maximum atomic E-state index is 13.6. The second kappa shape index (κ2) is 10.0. The zero-order valence-corrected chi connectivity index (χ0v) is 20.2. The quantitative estimate of drug-likeness (QED) is 0.616. The molecule has 0 radical (unpaired) electrons. The van der Waals surface area contributed by atoms with Gasteiger partial charge in [-0.1, -0.05) is 12.1 Å². The summed E-state index contributed by atoms with van der Waals surface area (Å²) < 4.78 is 48.4. The van der Waals surface area contributed by atoms with Crippen LogP contribution in [0.1, 0.15) is 47.1 Å². The molecule has 2 heterocycles. The van der Waals surface area contributed by atoms with E-state index in [0.29, 0.717) is 24.2 Å². The Morgan fingerprint density at radius 1 is 1.18 bits per heavy atom. The van der Waals surface area contributed by atoms with E-state index in [0.717, 1.165) is 5.56 Å². The van der Waals surface area contributed by atoms with Crippen LogP contribution in [0.2, 0.25) is 0 Å². The Balaban J connectivity index is 1.80. The number of halogens is 1. The number of sulfonamides is 1. The molecule has 0 bridgehead atoms. The molecule has 0 saturated carbocycles. The number of carbonyl (C=O) groups is 2. The van der Waals surface area contributed by atoms with Gasteiger partial charge in [0.05, 0.1) is 12.5 Å². The largest absolute Gasteiger partial charge is 0.462 e. The van der Waals surface area contributed by atoms with Crippen molar-refractivity contribution in [1.82, 2.24) is 14.2 Å². The van der Waals surface area contributed by atoms with E-state index in [1.807, 2.05) is 0 Å².